The molecule has 1 aromatic carbocycles. The zero-order valence-electron chi connectivity index (χ0n) is 24.2. The highest BCUT2D eigenvalue weighted by Gasteiger charge is 2.41. The van der Waals surface area contributed by atoms with Crippen LogP contribution in [0, 0.1) is 5.92 Å². The molecule has 3 aliphatic rings. The summed E-state index contributed by atoms with van der Waals surface area (Å²) in [5, 5.41) is 9.26. The summed E-state index contributed by atoms with van der Waals surface area (Å²) in [6.07, 6.45) is 5.72. The van der Waals surface area contributed by atoms with Crippen LogP contribution in [0.5, 0.6) is 0 Å². The molecule has 0 spiro atoms. The molecule has 10 nitrogen and oxygen atoms in total. The minimum absolute atomic E-state index is 0.0563. The predicted octanol–water partition coefficient (Wildman–Crippen LogP) is 6.40. The normalized spacial score (nSPS) is 26.9. The van der Waals surface area contributed by atoms with Gasteiger partial charge in [-0.05, 0) is 99.2 Å². The first kappa shape index (κ1) is 30.4. The minimum atomic E-state index is -0.798. The van der Waals surface area contributed by atoms with Crippen molar-refractivity contribution in [2.45, 2.75) is 83.1 Å². The van der Waals surface area contributed by atoms with Gasteiger partial charge in [0, 0.05) is 34.6 Å². The van der Waals surface area contributed by atoms with E-state index in [1.54, 1.807) is 4.90 Å². The minimum Gasteiger partial charge on any atom is -0.450 e. The number of rotatable bonds is 6. The van der Waals surface area contributed by atoms with E-state index >= 15 is 0 Å². The number of carbonyl (C=O) groups excluding carboxylic acids is 2. The number of nitrogens with zero attached hydrogens (tertiary/aromatic N) is 3. The molecule has 41 heavy (non-hydrogen) atoms. The van der Waals surface area contributed by atoms with Gasteiger partial charge in [-0.2, -0.15) is 5.10 Å². The molecule has 0 bridgehead atoms. The van der Waals surface area contributed by atoms with E-state index in [-0.39, 0.29) is 31.9 Å². The van der Waals surface area contributed by atoms with Crippen molar-refractivity contribution in [2.24, 2.45) is 5.92 Å². The fourth-order valence-corrected chi connectivity index (χ4v) is 6.97. The van der Waals surface area contributed by atoms with Gasteiger partial charge in [-0.15, -0.1) is 0 Å². The molecule has 5 rings (SSSR count). The standard InChI is InChI=1S/C29H40BrClN4O6/c1-28(2,3)41-27(37)34-9-12-38-17-29(4,16-34)33-26(36)40-11-8-18-13-19(18)24-21(31)14-22-20(25(24)30)15-32-35(22)23-7-5-6-10-39-23/h14-15,18-19,23H,5-13,16-17H2,1-4H3,(H,33,36)/t18-,19+,23?,29?/m0/s1. The Morgan fingerprint density at radius 1 is 1.29 bits per heavy atom. The Balaban J connectivity index is 1.14. The van der Waals surface area contributed by atoms with E-state index in [1.807, 2.05) is 44.6 Å². The predicted molar refractivity (Wildman–Crippen MR) is 158 cm³/mol. The number of carbonyl (C=O) groups is 2. The maximum absolute atomic E-state index is 12.7. The number of alkyl carbamates (subject to hydrolysis) is 1. The quantitative estimate of drug-likeness (QED) is 0.384. The Morgan fingerprint density at radius 3 is 2.83 bits per heavy atom. The summed E-state index contributed by atoms with van der Waals surface area (Å²) in [4.78, 5) is 26.9. The average Bonchev–Trinajstić information content (AvgIpc) is 3.56. The van der Waals surface area contributed by atoms with Gasteiger partial charge < -0.3 is 29.2 Å². The molecule has 2 saturated heterocycles. The molecule has 2 unspecified atom stereocenters. The first-order valence-corrected chi connectivity index (χ1v) is 15.6. The third-order valence-corrected chi connectivity index (χ3v) is 8.96. The monoisotopic (exact) mass is 654 g/mol. The van der Waals surface area contributed by atoms with E-state index in [0.29, 0.717) is 24.1 Å². The van der Waals surface area contributed by atoms with Crippen molar-refractivity contribution >= 4 is 50.6 Å². The molecule has 4 atom stereocenters. The zero-order valence-corrected chi connectivity index (χ0v) is 26.6. The van der Waals surface area contributed by atoms with Crippen LogP contribution in [-0.4, -0.2) is 77.5 Å². The van der Waals surface area contributed by atoms with Gasteiger partial charge in [0.1, 0.15) is 5.60 Å². The molecular formula is C29H40BrClN4O6. The lowest BCUT2D eigenvalue weighted by molar-refractivity contribution is -0.0366. The van der Waals surface area contributed by atoms with E-state index in [2.05, 4.69) is 26.3 Å². The van der Waals surface area contributed by atoms with Gasteiger partial charge in [-0.25, -0.2) is 14.3 Å². The van der Waals surface area contributed by atoms with Crippen LogP contribution in [0.2, 0.25) is 5.02 Å². The summed E-state index contributed by atoms with van der Waals surface area (Å²) < 4.78 is 25.6. The summed E-state index contributed by atoms with van der Waals surface area (Å²) in [5.74, 6) is 0.655. The smallest absolute Gasteiger partial charge is 0.410 e. The second-order valence-electron chi connectivity index (χ2n) is 12.6. The van der Waals surface area contributed by atoms with Gasteiger partial charge in [0.15, 0.2) is 6.23 Å². The van der Waals surface area contributed by atoms with Crippen molar-refractivity contribution in [3.8, 4) is 0 Å². The molecule has 2 amide bonds. The lowest BCUT2D eigenvalue weighted by atomic mass is 10.0. The highest BCUT2D eigenvalue weighted by atomic mass is 79.9. The Morgan fingerprint density at radius 2 is 2.10 bits per heavy atom. The summed E-state index contributed by atoms with van der Waals surface area (Å²) >= 11 is 10.6. The lowest BCUT2D eigenvalue weighted by Gasteiger charge is -2.33. The Kier molecular flexibility index (Phi) is 9.09. The Labute approximate surface area is 254 Å². The highest BCUT2D eigenvalue weighted by molar-refractivity contribution is 9.10. The molecule has 226 valence electrons. The Hall–Kier alpha value is -2.08. The summed E-state index contributed by atoms with van der Waals surface area (Å²) in [5.41, 5.74) is 0.651. The topological polar surface area (TPSA) is 104 Å². The molecule has 3 fully saturated rings. The van der Waals surface area contributed by atoms with Gasteiger partial charge in [0.2, 0.25) is 0 Å². The van der Waals surface area contributed by atoms with E-state index in [4.69, 9.17) is 30.5 Å². The molecule has 3 heterocycles. The second-order valence-corrected chi connectivity index (χ2v) is 13.8. The van der Waals surface area contributed by atoms with Gasteiger partial charge in [0.05, 0.1) is 37.1 Å². The fourth-order valence-electron chi connectivity index (χ4n) is 5.70. The number of fused-ring (bicyclic) bond motifs is 1. The number of amides is 2. The molecule has 1 saturated carbocycles. The van der Waals surface area contributed by atoms with Crippen molar-refractivity contribution in [2.75, 3.05) is 39.5 Å². The van der Waals surface area contributed by atoms with Crippen LogP contribution in [-0.2, 0) is 18.9 Å². The van der Waals surface area contributed by atoms with Crippen LogP contribution in [0.25, 0.3) is 10.9 Å². The first-order valence-electron chi connectivity index (χ1n) is 14.4. The number of hydrogen-bond acceptors (Lipinski definition) is 7. The van der Waals surface area contributed by atoms with Crippen LogP contribution in [0.1, 0.15) is 77.5 Å². The summed E-state index contributed by atoms with van der Waals surface area (Å²) in [6, 6.07) is 2.00. The Bertz CT molecular complexity index is 1280. The van der Waals surface area contributed by atoms with Crippen molar-refractivity contribution in [3.05, 3.63) is 27.3 Å². The van der Waals surface area contributed by atoms with Crippen LogP contribution >= 0.6 is 27.5 Å². The van der Waals surface area contributed by atoms with Crippen molar-refractivity contribution in [1.29, 1.82) is 0 Å². The molecular weight excluding hydrogens is 616 g/mol. The molecule has 2 aliphatic heterocycles. The van der Waals surface area contributed by atoms with Gasteiger partial charge in [0.25, 0.3) is 0 Å². The average molecular weight is 656 g/mol. The third kappa shape index (κ3) is 7.29. The highest BCUT2D eigenvalue weighted by Crippen LogP contribution is 2.55. The van der Waals surface area contributed by atoms with Gasteiger partial charge in [-0.3, -0.25) is 0 Å². The lowest BCUT2D eigenvalue weighted by Crippen LogP contribution is -2.56. The molecule has 1 aliphatic carbocycles. The van der Waals surface area contributed by atoms with E-state index in [1.165, 1.54) is 0 Å². The first-order chi connectivity index (χ1) is 19.4. The van der Waals surface area contributed by atoms with Crippen molar-refractivity contribution in [3.63, 3.8) is 0 Å². The van der Waals surface area contributed by atoms with Crippen LogP contribution in [0.15, 0.2) is 16.7 Å². The summed E-state index contributed by atoms with van der Waals surface area (Å²) in [6.45, 7) is 9.64. The van der Waals surface area contributed by atoms with Crippen LogP contribution < -0.4 is 5.32 Å². The number of aromatic nitrogens is 2. The van der Waals surface area contributed by atoms with Crippen molar-refractivity contribution in [1.82, 2.24) is 20.0 Å². The van der Waals surface area contributed by atoms with Gasteiger partial charge >= 0.3 is 12.2 Å². The van der Waals surface area contributed by atoms with Crippen LogP contribution in [0.3, 0.4) is 0 Å². The molecule has 1 N–H and O–H groups in total. The third-order valence-electron chi connectivity index (χ3n) is 7.79. The maximum atomic E-state index is 12.7. The van der Waals surface area contributed by atoms with Crippen molar-refractivity contribution < 1.29 is 28.5 Å². The van der Waals surface area contributed by atoms with E-state index in [9.17, 15) is 9.59 Å². The number of ether oxygens (including phenoxy) is 4. The number of hydrogen-bond donors (Lipinski definition) is 1. The second kappa shape index (κ2) is 12.3. The van der Waals surface area contributed by atoms with Gasteiger partial charge in [-0.1, -0.05) is 11.6 Å². The largest absolute Gasteiger partial charge is 0.450 e. The van der Waals surface area contributed by atoms with E-state index < -0.39 is 23.3 Å². The summed E-state index contributed by atoms with van der Waals surface area (Å²) in [7, 11) is 0. The number of benzene rings is 1. The molecule has 12 heteroatoms. The fraction of sp³-hybridized carbons (Fsp3) is 0.690. The SMILES string of the molecule is CC1(NC(=O)OCC[C@H]2C[C@H]2c2c(Cl)cc3c(cnn3C3CCCCO3)c2Br)COCCN(C(=O)OC(C)(C)C)C1. The zero-order chi connectivity index (χ0) is 29.4. The van der Waals surface area contributed by atoms with Crippen LogP contribution in [0.4, 0.5) is 9.59 Å². The number of halogens is 2. The molecule has 1 aromatic heterocycles. The van der Waals surface area contributed by atoms with E-state index in [0.717, 1.165) is 59.7 Å². The molecule has 0 radical (unpaired) electrons. The number of nitrogens with one attached hydrogen (secondary N) is 1. The molecule has 2 aromatic rings. The maximum Gasteiger partial charge on any atom is 0.410 e.